The van der Waals surface area contributed by atoms with Crippen LogP contribution in [0.2, 0.25) is 0 Å². The van der Waals surface area contributed by atoms with E-state index in [0.717, 1.165) is 22.3 Å². The molecule has 0 amide bonds. The van der Waals surface area contributed by atoms with Gasteiger partial charge in [0.15, 0.2) is 43.5 Å². The Hall–Kier alpha value is -9.62. The van der Waals surface area contributed by atoms with Crippen molar-refractivity contribution in [1.29, 1.82) is 0 Å². The normalized spacial score (nSPS) is 26.1. The molecule has 4 fully saturated rings. The maximum absolute atomic E-state index is 15.0. The number of hydrogen-bond acceptors (Lipinski definition) is 20. The highest BCUT2D eigenvalue weighted by molar-refractivity contribution is 5.91. The number of carbonyl (C=O) groups is 4. The van der Waals surface area contributed by atoms with Crippen LogP contribution < -0.4 is 0 Å². The summed E-state index contributed by atoms with van der Waals surface area (Å²) in [4.78, 5) is 58.7. The molecule has 0 aliphatic carbocycles. The van der Waals surface area contributed by atoms with E-state index in [4.69, 9.17) is 75.8 Å². The molecule has 102 heavy (non-hydrogen) atoms. The van der Waals surface area contributed by atoms with Gasteiger partial charge in [0.2, 0.25) is 0 Å². The van der Waals surface area contributed by atoms with Gasteiger partial charge in [-0.2, -0.15) is 0 Å². The quantitative estimate of drug-likeness (QED) is 0.0329. The second kappa shape index (κ2) is 35.3. The van der Waals surface area contributed by atoms with Crippen LogP contribution in [-0.4, -0.2) is 143 Å². The second-order valence-corrected chi connectivity index (χ2v) is 24.7. The van der Waals surface area contributed by atoms with E-state index in [9.17, 15) is 14.4 Å². The third-order valence-corrected chi connectivity index (χ3v) is 17.7. The van der Waals surface area contributed by atoms with Gasteiger partial charge in [-0.25, -0.2) is 19.2 Å². The van der Waals surface area contributed by atoms with Crippen molar-refractivity contribution in [2.75, 3.05) is 26.9 Å². The van der Waals surface area contributed by atoms with Crippen molar-refractivity contribution in [3.8, 4) is 0 Å². The minimum atomic E-state index is -1.89. The third kappa shape index (κ3) is 18.2. The molecule has 0 spiro atoms. The number of rotatable bonds is 28. The molecule has 4 heterocycles. The van der Waals surface area contributed by atoms with E-state index in [0.29, 0.717) is 5.56 Å². The minimum absolute atomic E-state index is 0.0385. The molecule has 9 aromatic carbocycles. The van der Waals surface area contributed by atoms with Gasteiger partial charge in [-0.05, 0) is 70.8 Å². The van der Waals surface area contributed by atoms with Gasteiger partial charge in [0.25, 0.3) is 0 Å². The molecule has 4 aliphatic heterocycles. The van der Waals surface area contributed by atoms with Crippen molar-refractivity contribution in [2.24, 2.45) is 0 Å². The van der Waals surface area contributed by atoms with Crippen LogP contribution in [0.25, 0.3) is 0 Å². The van der Waals surface area contributed by atoms with Crippen molar-refractivity contribution in [2.45, 2.75) is 125 Å². The molecular formula is C82H78O20. The number of ether oxygens (including phenoxy) is 16. The standard InChI is InChI=1S/C82H78O20/c1-87-80-73(102-81-72(91-50-57-35-17-5-18-36-57)69(90-49-56-33-15-4-16-34-56)66(89-48-55-31-13-3-14-32-55)63(95-81)51-88-47-54-29-11-2-12-30-54)71(68-65(94-80)53-93-79(100-68)62-45-27-10-28-46-62)101-82-74(99-78(86)61-43-25-9-26-44-61)70(98-77(85)60-41-23-8-24-42-60)67(97-76(84)59-39-21-7-22-40-59)64(96-82)52-92-75(83)58-37-19-6-20-38-58/h2-46,63-74,79-82H,47-53H2,1H3/t63-,64-,65-,66-,67-,68-,69+,70+,71-,72+,73+,74+,79-,80+,81-,82-/m1/s1. The fourth-order valence-electron chi connectivity index (χ4n) is 12.6. The molecule has 4 aliphatic rings. The van der Waals surface area contributed by atoms with E-state index in [1.807, 2.05) is 152 Å². The highest BCUT2D eigenvalue weighted by Gasteiger charge is 2.60. The number of esters is 4. The first-order chi connectivity index (χ1) is 50.2. The summed E-state index contributed by atoms with van der Waals surface area (Å²) in [5, 5.41) is 0. The van der Waals surface area contributed by atoms with Gasteiger partial charge >= 0.3 is 23.9 Å². The lowest BCUT2D eigenvalue weighted by molar-refractivity contribution is -0.415. The Morgan fingerprint density at radius 2 is 0.725 bits per heavy atom. The molecule has 0 radical (unpaired) electrons. The Labute approximate surface area is 591 Å². The highest BCUT2D eigenvalue weighted by atomic mass is 16.8. The van der Waals surface area contributed by atoms with E-state index in [1.54, 1.807) is 84.9 Å². The molecule has 9 aromatic rings. The molecular weight excluding hydrogens is 1300 g/mol. The van der Waals surface area contributed by atoms with Crippen LogP contribution in [0.3, 0.4) is 0 Å². The summed E-state index contributed by atoms with van der Waals surface area (Å²) >= 11 is 0. The Kier molecular flexibility index (Phi) is 24.5. The largest absolute Gasteiger partial charge is 0.459 e. The maximum atomic E-state index is 15.0. The monoisotopic (exact) mass is 1380 g/mol. The Balaban J connectivity index is 0.945. The van der Waals surface area contributed by atoms with Gasteiger partial charge in [-0.3, -0.25) is 0 Å². The summed E-state index contributed by atoms with van der Waals surface area (Å²) in [5.74, 6) is -3.49. The van der Waals surface area contributed by atoms with Crippen LogP contribution in [0, 0.1) is 0 Å². The van der Waals surface area contributed by atoms with Crippen LogP contribution in [0.4, 0.5) is 0 Å². The Morgan fingerprint density at radius 1 is 0.343 bits per heavy atom. The average Bonchev–Trinajstić information content (AvgIpc) is 0.753. The summed E-state index contributed by atoms with van der Waals surface area (Å²) in [7, 11) is 1.43. The van der Waals surface area contributed by atoms with Gasteiger partial charge in [0.1, 0.15) is 61.5 Å². The SMILES string of the molecule is CO[C@H]1O[C@@H]2CO[C@@H](c3ccccc3)O[C@H]2[C@@H](O[C@H]2O[C@H](COC(=O)c3ccccc3)[C@@H](OC(=O)c3ccccc3)[C@H](OC(=O)c3ccccc3)[C@@H]2OC(=O)c2ccccc2)[C@@H]1O[C@H]1O[C@H](COCc2ccccc2)[C@@H](OCc2ccccc2)[C@H](OCc2ccccc2)[C@@H]1OCc1ccccc1. The van der Waals surface area contributed by atoms with Crippen molar-refractivity contribution in [1.82, 2.24) is 0 Å². The summed E-state index contributed by atoms with van der Waals surface area (Å²) in [5.41, 5.74) is 4.58. The second-order valence-electron chi connectivity index (χ2n) is 24.7. The molecule has 0 unspecified atom stereocenters. The van der Waals surface area contributed by atoms with Gasteiger partial charge in [0, 0.05) is 12.7 Å². The lowest BCUT2D eigenvalue weighted by Gasteiger charge is -2.52. The first-order valence-electron chi connectivity index (χ1n) is 33.9. The molecule has 0 N–H and O–H groups in total. The summed E-state index contributed by atoms with van der Waals surface area (Å²) < 4.78 is 110. The van der Waals surface area contributed by atoms with E-state index < -0.39 is 129 Å². The zero-order chi connectivity index (χ0) is 69.8. The fourth-order valence-corrected chi connectivity index (χ4v) is 12.6. The van der Waals surface area contributed by atoms with Gasteiger partial charge < -0.3 is 75.8 Å². The molecule has 4 saturated heterocycles. The predicted molar refractivity (Wildman–Crippen MR) is 368 cm³/mol. The van der Waals surface area contributed by atoms with Gasteiger partial charge in [0.05, 0.1) is 61.9 Å². The van der Waals surface area contributed by atoms with Crippen molar-refractivity contribution < 1.29 is 95.0 Å². The number of fused-ring (bicyclic) bond motifs is 1. The van der Waals surface area contributed by atoms with Crippen LogP contribution in [-0.2, 0) is 102 Å². The molecule has 13 rings (SSSR count). The van der Waals surface area contributed by atoms with E-state index in [-0.39, 0.29) is 61.9 Å². The van der Waals surface area contributed by atoms with Gasteiger partial charge in [-0.15, -0.1) is 0 Å². The lowest BCUT2D eigenvalue weighted by Crippen LogP contribution is -2.69. The number of benzene rings is 9. The zero-order valence-corrected chi connectivity index (χ0v) is 55.8. The van der Waals surface area contributed by atoms with E-state index in [2.05, 4.69) is 0 Å². The minimum Gasteiger partial charge on any atom is -0.459 e. The number of carbonyl (C=O) groups excluding carboxylic acids is 4. The number of methoxy groups -OCH3 is 1. The predicted octanol–water partition coefficient (Wildman–Crippen LogP) is 12.2. The average molecular weight is 1380 g/mol. The summed E-state index contributed by atoms with van der Waals surface area (Å²) in [6.07, 6.45) is -21.8. The fraction of sp³-hybridized carbons (Fsp3) is 0.293. The molecule has 0 aromatic heterocycles. The highest BCUT2D eigenvalue weighted by Crippen LogP contribution is 2.42. The van der Waals surface area contributed by atoms with Crippen LogP contribution in [0.5, 0.6) is 0 Å². The maximum Gasteiger partial charge on any atom is 0.338 e. The molecule has 20 heteroatoms. The van der Waals surface area contributed by atoms with Gasteiger partial charge in [-0.1, -0.05) is 224 Å². The molecule has 16 atom stereocenters. The van der Waals surface area contributed by atoms with Crippen molar-refractivity contribution in [3.05, 3.63) is 323 Å². The van der Waals surface area contributed by atoms with E-state index >= 15 is 4.79 Å². The molecule has 526 valence electrons. The Morgan fingerprint density at radius 3 is 1.21 bits per heavy atom. The van der Waals surface area contributed by atoms with Crippen LogP contribution in [0.15, 0.2) is 273 Å². The lowest BCUT2D eigenvalue weighted by atomic mass is 9.94. The van der Waals surface area contributed by atoms with Crippen LogP contribution >= 0.6 is 0 Å². The first kappa shape index (κ1) is 70.8. The summed E-state index contributed by atoms with van der Waals surface area (Å²) in [6, 6.07) is 80.5. The van der Waals surface area contributed by atoms with Crippen molar-refractivity contribution in [3.63, 3.8) is 0 Å². The number of hydrogen-bond donors (Lipinski definition) is 0. The molecule has 0 bridgehead atoms. The zero-order valence-electron chi connectivity index (χ0n) is 55.8. The Bertz CT molecular complexity index is 4040. The first-order valence-corrected chi connectivity index (χ1v) is 33.9. The van der Waals surface area contributed by atoms with Crippen LogP contribution in [0.1, 0.15) is 75.5 Å². The molecule has 20 nitrogen and oxygen atoms in total. The molecule has 0 saturated carbocycles. The van der Waals surface area contributed by atoms with Crippen molar-refractivity contribution >= 4 is 23.9 Å². The van der Waals surface area contributed by atoms with E-state index in [1.165, 1.54) is 43.5 Å². The summed E-state index contributed by atoms with van der Waals surface area (Å²) in [6.45, 7) is -0.272. The topological polar surface area (TPSA) is 216 Å². The third-order valence-electron chi connectivity index (χ3n) is 17.7. The smallest absolute Gasteiger partial charge is 0.338 e.